The van der Waals surface area contributed by atoms with Gasteiger partial charge in [0.25, 0.3) is 5.91 Å². The normalized spacial score (nSPS) is 20.6. The Morgan fingerprint density at radius 1 is 0.417 bits per heavy atom. The van der Waals surface area contributed by atoms with Crippen LogP contribution in [0, 0.1) is 11.8 Å². The van der Waals surface area contributed by atoms with Crippen molar-refractivity contribution in [3.8, 4) is 0 Å². The van der Waals surface area contributed by atoms with Gasteiger partial charge in [-0.1, -0.05) is 227 Å². The van der Waals surface area contributed by atoms with Crippen LogP contribution in [0.1, 0.15) is 161 Å². The summed E-state index contributed by atoms with van der Waals surface area (Å²) in [5.41, 5.74) is 3.78. The van der Waals surface area contributed by atoms with Crippen molar-refractivity contribution in [2.45, 2.75) is 202 Å². The van der Waals surface area contributed by atoms with Gasteiger partial charge in [0.15, 0.2) is 11.3 Å². The number of hydrogen-bond acceptors (Lipinski definition) is 12. The van der Waals surface area contributed by atoms with E-state index in [9.17, 15) is 9.59 Å². The summed E-state index contributed by atoms with van der Waals surface area (Å²) in [6.45, 7) is 6.38. The molecule has 7 aromatic carbocycles. The van der Waals surface area contributed by atoms with E-state index in [1.165, 1.54) is 11.1 Å². The molecule has 0 radical (unpaired) electrons. The fourth-order valence-electron chi connectivity index (χ4n) is 17.0. The fraction of sp³-hybridized carbons (Fsp3) is 0.438. The largest absolute Gasteiger partial charge is 0.353 e. The Labute approximate surface area is 638 Å². The lowest BCUT2D eigenvalue weighted by molar-refractivity contribution is -0.145. The number of aryl methyl sites for hydroxylation is 2. The summed E-state index contributed by atoms with van der Waals surface area (Å²) >= 11 is 0. The maximum absolute atomic E-state index is 15.4. The second kappa shape index (κ2) is 38.9. The molecule has 10 atom stereocenters. The van der Waals surface area contributed by atoms with E-state index in [4.69, 9.17) is 0 Å². The average Bonchev–Trinajstić information content (AvgIpc) is 0.873. The van der Waals surface area contributed by atoms with E-state index in [1.54, 1.807) is 23.9 Å². The molecule has 570 valence electrons. The van der Waals surface area contributed by atoms with Crippen LogP contribution < -0.4 is 47.9 Å². The monoisotopic (exact) mass is 1460 g/mol. The van der Waals surface area contributed by atoms with Crippen molar-refractivity contribution in [3.63, 3.8) is 0 Å². The Morgan fingerprint density at radius 2 is 0.778 bits per heavy atom. The number of amides is 7. The Hall–Kier alpha value is -9.66. The second-order valence-corrected chi connectivity index (χ2v) is 29.8. The molecular formula is C89H111N11O8. The van der Waals surface area contributed by atoms with Gasteiger partial charge in [0.05, 0.1) is 12.1 Å². The van der Waals surface area contributed by atoms with Crippen LogP contribution in [0.4, 0.5) is 0 Å². The van der Waals surface area contributed by atoms with Gasteiger partial charge in [-0.15, -0.1) is 0 Å². The molecule has 0 aromatic heterocycles. The van der Waals surface area contributed by atoms with Crippen LogP contribution in [0.25, 0.3) is 0 Å². The maximum Gasteiger partial charge on any atom is 0.255 e. The molecule has 4 saturated heterocycles. The molecule has 4 aliphatic heterocycles. The molecule has 7 aromatic rings. The van der Waals surface area contributed by atoms with Gasteiger partial charge < -0.3 is 57.7 Å². The number of unbranched alkanes of at least 4 members (excludes halogenated alkanes) is 3. The van der Waals surface area contributed by atoms with Crippen LogP contribution in [0.3, 0.4) is 0 Å². The van der Waals surface area contributed by atoms with Crippen molar-refractivity contribution in [2.75, 3.05) is 33.7 Å². The van der Waals surface area contributed by atoms with Crippen LogP contribution in [0.5, 0.6) is 0 Å². The van der Waals surface area contributed by atoms with E-state index in [1.807, 2.05) is 184 Å². The zero-order valence-electron chi connectivity index (χ0n) is 63.3. The molecule has 0 aliphatic carbocycles. The van der Waals surface area contributed by atoms with E-state index in [-0.39, 0.29) is 65.7 Å². The highest BCUT2D eigenvalue weighted by atomic mass is 16.2. The van der Waals surface area contributed by atoms with Crippen LogP contribution in [-0.4, -0.2) is 139 Å². The van der Waals surface area contributed by atoms with Crippen molar-refractivity contribution >= 4 is 47.1 Å². The van der Waals surface area contributed by atoms with Crippen molar-refractivity contribution in [1.29, 1.82) is 0 Å². The summed E-state index contributed by atoms with van der Waals surface area (Å²) in [5.74, 6) is -2.93. The van der Waals surface area contributed by atoms with Crippen molar-refractivity contribution in [3.05, 3.63) is 251 Å². The molecule has 0 bridgehead atoms. The standard InChI is InChI=1S/C89H111N11O8/c1-5-74(90-3)81(102)95-79-66(60-92-58-64-32-15-7-16-33-64)49-51-72-53-55-76(99(72)85(79)106)83(104)97-88(68-36-19-10-20-37-68,69-38-21-11-22-39-69)78(101)44-27-9-14-30-62-45-47-63(48-46-62)31-28-29-57-94-87(108)89(70-40-23-12-24-41-70,71-42-25-13-26-43-71)98-84(105)77-56-54-73-52-50-67(61-93-59-65-34-17-8-18-35-65)80(86(107)100(73)77)96-82(103)75(6-2)91-4/h7-8,10-13,15-26,32-43,45-48,66-67,72-77,79-80,90-93H,5-6,9,14,27-31,44,49-61H2,1-4H3,(H,94,108)(H,95,102)(H,96,103)(H,97,104)(H,98,105)/t66-,67-,72+,73+,74+,75+,76+,77+,79+,80+/m1/s1. The Balaban J connectivity index is 0.704. The number of carbonyl (C=O) groups excluding carboxylic acids is 8. The number of likely N-dealkylation sites (N-methyl/N-ethyl adjacent to an activating group) is 2. The third-order valence-electron chi connectivity index (χ3n) is 23.0. The van der Waals surface area contributed by atoms with Gasteiger partial charge in [-0.3, -0.25) is 38.4 Å². The first-order valence-corrected chi connectivity index (χ1v) is 39.6. The van der Waals surface area contributed by atoms with E-state index < -0.39 is 59.1 Å². The minimum Gasteiger partial charge on any atom is -0.353 e. The number of nitrogens with one attached hydrogen (secondary N) is 9. The zero-order valence-corrected chi connectivity index (χ0v) is 63.3. The van der Waals surface area contributed by atoms with Crippen molar-refractivity contribution in [1.82, 2.24) is 57.7 Å². The number of nitrogens with zero attached hydrogens (tertiary/aromatic N) is 2. The van der Waals surface area contributed by atoms with Gasteiger partial charge in [0.2, 0.25) is 35.4 Å². The Bertz CT molecular complexity index is 3720. The molecule has 19 nitrogen and oxygen atoms in total. The minimum absolute atomic E-state index is 0.144. The van der Waals surface area contributed by atoms with Crippen LogP contribution in [0.15, 0.2) is 206 Å². The predicted octanol–water partition coefficient (Wildman–Crippen LogP) is 10.0. The fourth-order valence-corrected chi connectivity index (χ4v) is 17.0. The van der Waals surface area contributed by atoms with E-state index in [0.29, 0.717) is 132 Å². The van der Waals surface area contributed by atoms with Gasteiger partial charge in [0, 0.05) is 63.1 Å². The number of benzene rings is 7. The molecule has 4 aliphatic rings. The SMILES string of the molecule is CC[C@H](NC)C(=O)N[C@@H]1C(=O)N2[C@@H](CC[C@@H]1CNCc1ccccc1)CC[C@H]2C(=O)NC(C(=O)CCCCCc1ccc(CCCCNC(=O)C(NC(=O)[C@@H]2CC[C@@H]3CC[C@H](CNCc4ccccc4)[C@H](NC(=O)[C@H](CC)NC)C(=O)N32)(c2ccccc2)c2ccccc2)cc1)(c1ccccc1)c1ccccc1. The smallest absolute Gasteiger partial charge is 0.255 e. The highest BCUT2D eigenvalue weighted by molar-refractivity contribution is 6.01. The van der Waals surface area contributed by atoms with Crippen molar-refractivity contribution in [2.24, 2.45) is 11.8 Å². The first-order valence-electron chi connectivity index (χ1n) is 39.6. The summed E-state index contributed by atoms with van der Waals surface area (Å²) in [7, 11) is 3.47. The van der Waals surface area contributed by atoms with E-state index in [0.717, 1.165) is 43.2 Å². The molecule has 11 rings (SSSR count). The molecule has 9 N–H and O–H groups in total. The number of rotatable bonds is 37. The Kier molecular flexibility index (Phi) is 28.6. The van der Waals surface area contributed by atoms with Crippen LogP contribution in [0.2, 0.25) is 0 Å². The lowest BCUT2D eigenvalue weighted by atomic mass is 9.77. The molecule has 0 saturated carbocycles. The molecule has 4 fully saturated rings. The first-order chi connectivity index (χ1) is 52.7. The summed E-state index contributed by atoms with van der Waals surface area (Å²) in [5, 5.41) is 29.4. The summed E-state index contributed by atoms with van der Waals surface area (Å²) in [4.78, 5) is 123. The quantitative estimate of drug-likeness (QED) is 0.0165. The minimum atomic E-state index is -1.66. The van der Waals surface area contributed by atoms with Crippen molar-refractivity contribution < 1.29 is 38.4 Å². The molecule has 7 amide bonds. The number of Topliss-reactive ketones (excluding diaryl/α,β-unsaturated/α-hetero) is 1. The molecule has 0 unspecified atom stereocenters. The summed E-state index contributed by atoms with van der Waals surface area (Å²) < 4.78 is 0. The Morgan fingerprint density at radius 3 is 1.17 bits per heavy atom. The second-order valence-electron chi connectivity index (χ2n) is 29.8. The highest BCUT2D eigenvalue weighted by Crippen LogP contribution is 2.40. The third-order valence-corrected chi connectivity index (χ3v) is 23.0. The van der Waals surface area contributed by atoms with Gasteiger partial charge in [-0.05, 0) is 161 Å². The predicted molar refractivity (Wildman–Crippen MR) is 422 cm³/mol. The number of carbonyl (C=O) groups is 8. The molecule has 108 heavy (non-hydrogen) atoms. The zero-order chi connectivity index (χ0) is 75.8. The van der Waals surface area contributed by atoms with Gasteiger partial charge >= 0.3 is 0 Å². The maximum atomic E-state index is 15.4. The molecule has 0 spiro atoms. The van der Waals surface area contributed by atoms with Gasteiger partial charge in [0.1, 0.15) is 29.7 Å². The van der Waals surface area contributed by atoms with Gasteiger partial charge in [-0.25, -0.2) is 0 Å². The average molecular weight is 1460 g/mol. The number of hydrogen-bond donors (Lipinski definition) is 9. The van der Waals surface area contributed by atoms with E-state index >= 15 is 28.8 Å². The van der Waals surface area contributed by atoms with Gasteiger partial charge in [-0.2, -0.15) is 0 Å². The van der Waals surface area contributed by atoms with E-state index in [2.05, 4.69) is 84.2 Å². The summed E-state index contributed by atoms with van der Waals surface area (Å²) in [6.07, 6.45) is 11.2. The third kappa shape index (κ3) is 19.1. The molecular weight excluding hydrogens is 1350 g/mol. The van der Waals surface area contributed by atoms with Crippen LogP contribution in [-0.2, 0) is 75.4 Å². The first kappa shape index (κ1) is 79.4. The summed E-state index contributed by atoms with van der Waals surface area (Å²) in [6, 6.07) is 61.3. The number of ketones is 1. The molecule has 4 heterocycles. The highest BCUT2D eigenvalue weighted by Gasteiger charge is 2.53. The lowest BCUT2D eigenvalue weighted by Gasteiger charge is -2.38. The molecule has 19 heteroatoms. The lowest BCUT2D eigenvalue weighted by Crippen LogP contribution is -2.62. The van der Waals surface area contributed by atoms with Crippen LogP contribution >= 0.6 is 0 Å². The topological polar surface area (TPSA) is 251 Å². The number of fused-ring (bicyclic) bond motifs is 2.